The quantitative estimate of drug-likeness (QED) is 0.529. The fourth-order valence-electron chi connectivity index (χ4n) is 3.17. The number of carbonyl (C=O) groups excluding carboxylic acids is 2. The van der Waals surface area contributed by atoms with E-state index in [2.05, 4.69) is 0 Å². The van der Waals surface area contributed by atoms with Gasteiger partial charge in [-0.15, -0.1) is 0 Å². The molecule has 142 valence electrons. The van der Waals surface area contributed by atoms with Gasteiger partial charge in [0.25, 0.3) is 11.8 Å². The van der Waals surface area contributed by atoms with Crippen molar-refractivity contribution < 1.29 is 14.8 Å². The minimum atomic E-state index is -0.624. The Labute approximate surface area is 164 Å². The smallest absolute Gasteiger partial charge is 0.255 e. The molecule has 1 atom stereocenters. The Kier molecular flexibility index (Phi) is 5.87. The van der Waals surface area contributed by atoms with E-state index in [1.165, 1.54) is 4.90 Å². The zero-order valence-electron chi connectivity index (χ0n) is 15.8. The van der Waals surface area contributed by atoms with Crippen molar-refractivity contribution in [3.8, 4) is 11.1 Å². The minimum absolute atomic E-state index is 0.0518. The van der Waals surface area contributed by atoms with Crippen LogP contribution in [0.2, 0.25) is 0 Å². The van der Waals surface area contributed by atoms with Gasteiger partial charge in [-0.25, -0.2) is 5.48 Å². The number of hydrogen-bond acceptors (Lipinski definition) is 3. The number of hydrogen-bond donors (Lipinski definition) is 2. The summed E-state index contributed by atoms with van der Waals surface area (Å²) >= 11 is 0. The van der Waals surface area contributed by atoms with Gasteiger partial charge in [0.1, 0.15) is 0 Å². The minimum Gasteiger partial charge on any atom is -0.345 e. The van der Waals surface area contributed by atoms with Crippen LogP contribution in [0.5, 0.6) is 0 Å². The Balaban J connectivity index is 1.97. The monoisotopic (exact) mass is 374 g/mol. The highest BCUT2D eigenvalue weighted by Crippen LogP contribution is 2.29. The summed E-state index contributed by atoms with van der Waals surface area (Å²) in [4.78, 5) is 25.9. The molecular formula is C23H22N2O3. The van der Waals surface area contributed by atoms with E-state index in [4.69, 9.17) is 0 Å². The van der Waals surface area contributed by atoms with Crippen molar-refractivity contribution in [2.45, 2.75) is 5.92 Å². The van der Waals surface area contributed by atoms with Gasteiger partial charge in [-0.3, -0.25) is 14.8 Å². The molecule has 3 aromatic rings. The molecule has 0 bridgehead atoms. The lowest BCUT2D eigenvalue weighted by Gasteiger charge is -2.17. The fraction of sp³-hybridized carbons (Fsp3) is 0.130. The van der Waals surface area contributed by atoms with Crippen molar-refractivity contribution in [1.29, 1.82) is 0 Å². The molecule has 0 saturated carbocycles. The van der Waals surface area contributed by atoms with Gasteiger partial charge in [0.15, 0.2) is 0 Å². The molecule has 0 heterocycles. The summed E-state index contributed by atoms with van der Waals surface area (Å²) in [7, 11) is 3.44. The highest BCUT2D eigenvalue weighted by atomic mass is 16.5. The summed E-state index contributed by atoms with van der Waals surface area (Å²) in [6, 6.07) is 24.3. The number of nitrogens with one attached hydrogen (secondary N) is 1. The van der Waals surface area contributed by atoms with Crippen LogP contribution in [-0.4, -0.2) is 36.0 Å². The summed E-state index contributed by atoms with van der Waals surface area (Å²) in [6.45, 7) is 0. The Hall–Kier alpha value is -3.44. The Morgan fingerprint density at radius 1 is 0.821 bits per heavy atom. The number of rotatable bonds is 5. The fourth-order valence-corrected chi connectivity index (χ4v) is 3.17. The first-order valence-corrected chi connectivity index (χ1v) is 8.92. The summed E-state index contributed by atoms with van der Waals surface area (Å²) in [5, 5.41) is 9.21. The molecule has 0 aromatic heterocycles. The van der Waals surface area contributed by atoms with E-state index < -0.39 is 11.8 Å². The normalized spacial score (nSPS) is 11.5. The lowest BCUT2D eigenvalue weighted by molar-refractivity contribution is -0.129. The van der Waals surface area contributed by atoms with E-state index in [1.54, 1.807) is 31.7 Å². The molecule has 3 rings (SSSR count). The molecule has 0 aliphatic rings. The van der Waals surface area contributed by atoms with Crippen LogP contribution in [0.25, 0.3) is 11.1 Å². The van der Waals surface area contributed by atoms with Crippen LogP contribution < -0.4 is 5.48 Å². The summed E-state index contributed by atoms with van der Waals surface area (Å²) < 4.78 is 0. The third-order valence-electron chi connectivity index (χ3n) is 4.60. The molecule has 0 spiro atoms. The van der Waals surface area contributed by atoms with Crippen molar-refractivity contribution in [3.05, 3.63) is 95.6 Å². The molecular weight excluding hydrogens is 352 g/mol. The highest BCUT2D eigenvalue weighted by molar-refractivity contribution is 5.94. The van der Waals surface area contributed by atoms with E-state index in [9.17, 15) is 14.8 Å². The van der Waals surface area contributed by atoms with Gasteiger partial charge in [0.2, 0.25) is 0 Å². The molecule has 0 saturated heterocycles. The molecule has 0 fully saturated rings. The van der Waals surface area contributed by atoms with Gasteiger partial charge in [0.05, 0.1) is 5.92 Å². The van der Waals surface area contributed by atoms with E-state index >= 15 is 0 Å². The average Bonchev–Trinajstić information content (AvgIpc) is 2.74. The number of benzene rings is 3. The molecule has 1 unspecified atom stereocenters. The van der Waals surface area contributed by atoms with Crippen LogP contribution in [0.3, 0.4) is 0 Å². The third kappa shape index (κ3) is 4.10. The van der Waals surface area contributed by atoms with Crippen molar-refractivity contribution >= 4 is 11.8 Å². The first kappa shape index (κ1) is 19.3. The summed E-state index contributed by atoms with van der Waals surface area (Å²) in [5.41, 5.74) is 5.81. The Bertz CT molecular complexity index is 967. The van der Waals surface area contributed by atoms with Gasteiger partial charge in [-0.2, -0.15) is 0 Å². The Morgan fingerprint density at radius 2 is 1.46 bits per heavy atom. The number of hydroxylamine groups is 1. The van der Waals surface area contributed by atoms with E-state index in [1.807, 2.05) is 66.7 Å². The average molecular weight is 374 g/mol. The second kappa shape index (κ2) is 8.50. The topological polar surface area (TPSA) is 69.6 Å². The molecule has 28 heavy (non-hydrogen) atoms. The molecule has 3 aromatic carbocycles. The molecule has 5 nitrogen and oxygen atoms in total. The first-order chi connectivity index (χ1) is 13.5. The molecule has 0 aliphatic heterocycles. The van der Waals surface area contributed by atoms with Crippen molar-refractivity contribution in [2.75, 3.05) is 14.1 Å². The maximum absolute atomic E-state index is 12.3. The summed E-state index contributed by atoms with van der Waals surface area (Å²) in [6.07, 6.45) is 0. The van der Waals surface area contributed by atoms with E-state index in [0.29, 0.717) is 5.56 Å². The zero-order valence-corrected chi connectivity index (χ0v) is 15.8. The molecule has 2 N–H and O–H groups in total. The zero-order chi connectivity index (χ0) is 20.1. The van der Waals surface area contributed by atoms with Crippen LogP contribution in [0.1, 0.15) is 27.4 Å². The Morgan fingerprint density at radius 3 is 2.07 bits per heavy atom. The third-order valence-corrected chi connectivity index (χ3v) is 4.60. The maximum atomic E-state index is 12.3. The van der Waals surface area contributed by atoms with E-state index in [0.717, 1.165) is 22.3 Å². The van der Waals surface area contributed by atoms with Gasteiger partial charge in [0, 0.05) is 19.7 Å². The maximum Gasteiger partial charge on any atom is 0.255 e. The second-order valence-corrected chi connectivity index (χ2v) is 6.72. The number of nitrogens with zero attached hydrogens (tertiary/aromatic N) is 1. The predicted octanol–water partition coefficient (Wildman–Crippen LogP) is 3.69. The second-order valence-electron chi connectivity index (χ2n) is 6.72. The van der Waals surface area contributed by atoms with Crippen LogP contribution in [0.4, 0.5) is 0 Å². The van der Waals surface area contributed by atoms with Crippen molar-refractivity contribution in [2.24, 2.45) is 0 Å². The standard InChI is InChI=1S/C23H22N2O3/c1-25(2)23(27)18-13-11-16(12-14-18)19-9-6-10-20(15-19)21(22(26)24-28)17-7-4-3-5-8-17/h3-15,21,28H,1-2H3,(H,24,26). The summed E-state index contributed by atoms with van der Waals surface area (Å²) in [5.74, 6) is -1.17. The first-order valence-electron chi connectivity index (χ1n) is 8.92. The predicted molar refractivity (Wildman–Crippen MR) is 108 cm³/mol. The number of carbonyl (C=O) groups is 2. The SMILES string of the molecule is CN(C)C(=O)c1ccc(-c2cccc(C(C(=O)NO)c3ccccc3)c2)cc1. The molecule has 0 aliphatic carbocycles. The van der Waals surface area contributed by atoms with Gasteiger partial charge >= 0.3 is 0 Å². The van der Waals surface area contributed by atoms with Crippen LogP contribution >= 0.6 is 0 Å². The molecule has 5 heteroatoms. The molecule has 0 radical (unpaired) electrons. The lowest BCUT2D eigenvalue weighted by atomic mass is 9.89. The van der Waals surface area contributed by atoms with Gasteiger partial charge in [-0.1, -0.05) is 66.7 Å². The lowest BCUT2D eigenvalue weighted by Crippen LogP contribution is -2.27. The largest absolute Gasteiger partial charge is 0.345 e. The highest BCUT2D eigenvalue weighted by Gasteiger charge is 2.22. The van der Waals surface area contributed by atoms with Crippen LogP contribution in [0.15, 0.2) is 78.9 Å². The van der Waals surface area contributed by atoms with Crippen molar-refractivity contribution in [1.82, 2.24) is 10.4 Å². The van der Waals surface area contributed by atoms with Crippen LogP contribution in [0, 0.1) is 0 Å². The number of amides is 2. The van der Waals surface area contributed by atoms with Crippen LogP contribution in [-0.2, 0) is 4.79 Å². The molecule has 2 amide bonds. The van der Waals surface area contributed by atoms with E-state index in [-0.39, 0.29) is 5.91 Å². The van der Waals surface area contributed by atoms with Gasteiger partial charge < -0.3 is 4.90 Å². The van der Waals surface area contributed by atoms with Gasteiger partial charge in [-0.05, 0) is 34.4 Å². The van der Waals surface area contributed by atoms with Crippen molar-refractivity contribution in [3.63, 3.8) is 0 Å².